The standard InChI is InChI=1S/C16H28N2O/c1-13(2)16(12-19-5)17-10-14-8-6-7-9-15(14)11-18(3)4/h6-9,13,16-17H,10-12H2,1-5H3. The Bertz CT molecular complexity index is 364. The fourth-order valence-electron chi connectivity index (χ4n) is 2.13. The van der Waals surface area contributed by atoms with E-state index in [1.807, 2.05) is 0 Å². The highest BCUT2D eigenvalue weighted by molar-refractivity contribution is 5.27. The Labute approximate surface area is 118 Å². The molecule has 0 aliphatic heterocycles. The molecule has 0 heterocycles. The lowest BCUT2D eigenvalue weighted by Crippen LogP contribution is -2.37. The Balaban J connectivity index is 2.65. The number of hydrogen-bond donors (Lipinski definition) is 1. The summed E-state index contributed by atoms with van der Waals surface area (Å²) in [5.41, 5.74) is 2.76. The average Bonchev–Trinajstić information content (AvgIpc) is 2.35. The molecule has 3 nitrogen and oxygen atoms in total. The van der Waals surface area contributed by atoms with E-state index in [1.165, 1.54) is 11.1 Å². The minimum Gasteiger partial charge on any atom is -0.383 e. The first-order valence-electron chi connectivity index (χ1n) is 6.98. The number of nitrogens with zero attached hydrogens (tertiary/aromatic N) is 1. The maximum atomic E-state index is 5.28. The van der Waals surface area contributed by atoms with Crippen molar-refractivity contribution in [3.63, 3.8) is 0 Å². The monoisotopic (exact) mass is 264 g/mol. The molecule has 1 unspecified atom stereocenters. The smallest absolute Gasteiger partial charge is 0.0618 e. The Morgan fingerprint density at radius 3 is 2.32 bits per heavy atom. The van der Waals surface area contributed by atoms with Crippen molar-refractivity contribution in [2.75, 3.05) is 27.8 Å². The molecule has 1 N–H and O–H groups in total. The van der Waals surface area contributed by atoms with Crippen LogP contribution in [0.2, 0.25) is 0 Å². The van der Waals surface area contributed by atoms with E-state index in [2.05, 4.69) is 62.4 Å². The summed E-state index contributed by atoms with van der Waals surface area (Å²) in [6, 6.07) is 9.03. The first-order valence-corrected chi connectivity index (χ1v) is 6.98. The second-order valence-corrected chi connectivity index (χ2v) is 5.69. The van der Waals surface area contributed by atoms with Crippen LogP contribution in [-0.4, -0.2) is 38.8 Å². The maximum Gasteiger partial charge on any atom is 0.0618 e. The highest BCUT2D eigenvalue weighted by atomic mass is 16.5. The number of rotatable bonds is 8. The van der Waals surface area contributed by atoms with Crippen molar-refractivity contribution in [3.8, 4) is 0 Å². The second kappa shape index (κ2) is 8.31. The number of nitrogens with one attached hydrogen (secondary N) is 1. The third-order valence-electron chi connectivity index (χ3n) is 3.31. The van der Waals surface area contributed by atoms with Crippen LogP contribution in [0.15, 0.2) is 24.3 Å². The van der Waals surface area contributed by atoms with Gasteiger partial charge in [0, 0.05) is 26.2 Å². The predicted octanol–water partition coefficient (Wildman–Crippen LogP) is 2.51. The van der Waals surface area contributed by atoms with Gasteiger partial charge in [-0.3, -0.25) is 0 Å². The van der Waals surface area contributed by atoms with Crippen molar-refractivity contribution >= 4 is 0 Å². The summed E-state index contributed by atoms with van der Waals surface area (Å²) in [5, 5.41) is 3.61. The molecular weight excluding hydrogens is 236 g/mol. The maximum absolute atomic E-state index is 5.28. The molecule has 0 fully saturated rings. The molecular formula is C16H28N2O. The molecule has 0 saturated carbocycles. The van der Waals surface area contributed by atoms with Gasteiger partial charge in [0.25, 0.3) is 0 Å². The van der Waals surface area contributed by atoms with Gasteiger partial charge in [-0.1, -0.05) is 38.1 Å². The van der Waals surface area contributed by atoms with Crippen LogP contribution in [0.3, 0.4) is 0 Å². The zero-order valence-electron chi connectivity index (χ0n) is 12.9. The molecule has 0 amide bonds. The van der Waals surface area contributed by atoms with Gasteiger partial charge in [-0.25, -0.2) is 0 Å². The minimum atomic E-state index is 0.400. The topological polar surface area (TPSA) is 24.5 Å². The van der Waals surface area contributed by atoms with E-state index in [4.69, 9.17) is 4.74 Å². The van der Waals surface area contributed by atoms with Gasteiger partial charge in [0.05, 0.1) is 6.61 Å². The fraction of sp³-hybridized carbons (Fsp3) is 0.625. The number of methoxy groups -OCH3 is 1. The third-order valence-corrected chi connectivity index (χ3v) is 3.31. The Hall–Kier alpha value is -0.900. The molecule has 108 valence electrons. The Kier molecular flexibility index (Phi) is 7.06. The van der Waals surface area contributed by atoms with Crippen molar-refractivity contribution in [1.29, 1.82) is 0 Å². The van der Waals surface area contributed by atoms with Crippen molar-refractivity contribution in [1.82, 2.24) is 10.2 Å². The average molecular weight is 264 g/mol. The van der Waals surface area contributed by atoms with Gasteiger partial charge in [0.2, 0.25) is 0 Å². The lowest BCUT2D eigenvalue weighted by molar-refractivity contribution is 0.146. The summed E-state index contributed by atoms with van der Waals surface area (Å²) in [6.45, 7) is 7.09. The predicted molar refractivity (Wildman–Crippen MR) is 81.2 cm³/mol. The molecule has 1 atom stereocenters. The van der Waals surface area contributed by atoms with E-state index in [0.29, 0.717) is 12.0 Å². The van der Waals surface area contributed by atoms with Crippen LogP contribution >= 0.6 is 0 Å². The normalized spacial score (nSPS) is 13.2. The number of hydrogen-bond acceptors (Lipinski definition) is 3. The van der Waals surface area contributed by atoms with Crippen LogP contribution in [0.4, 0.5) is 0 Å². The van der Waals surface area contributed by atoms with E-state index in [9.17, 15) is 0 Å². The Morgan fingerprint density at radius 1 is 1.16 bits per heavy atom. The summed E-state index contributed by atoms with van der Waals surface area (Å²) in [7, 11) is 5.97. The lowest BCUT2D eigenvalue weighted by Gasteiger charge is -2.23. The first-order chi connectivity index (χ1) is 9.04. The van der Waals surface area contributed by atoms with Crippen molar-refractivity contribution in [3.05, 3.63) is 35.4 Å². The summed E-state index contributed by atoms with van der Waals surface area (Å²) < 4.78 is 5.28. The lowest BCUT2D eigenvalue weighted by atomic mass is 10.0. The minimum absolute atomic E-state index is 0.400. The number of benzene rings is 1. The molecule has 19 heavy (non-hydrogen) atoms. The van der Waals surface area contributed by atoms with Gasteiger partial charge in [-0.05, 0) is 31.1 Å². The Morgan fingerprint density at radius 2 is 1.79 bits per heavy atom. The van der Waals surface area contributed by atoms with Crippen LogP contribution in [0.1, 0.15) is 25.0 Å². The highest BCUT2D eigenvalue weighted by Gasteiger charge is 2.13. The largest absolute Gasteiger partial charge is 0.383 e. The first kappa shape index (κ1) is 16.2. The van der Waals surface area contributed by atoms with Crippen LogP contribution in [-0.2, 0) is 17.8 Å². The van der Waals surface area contributed by atoms with Gasteiger partial charge in [-0.2, -0.15) is 0 Å². The van der Waals surface area contributed by atoms with Gasteiger partial charge in [0.15, 0.2) is 0 Å². The molecule has 0 saturated heterocycles. The molecule has 1 rings (SSSR count). The highest BCUT2D eigenvalue weighted by Crippen LogP contribution is 2.12. The summed E-state index contributed by atoms with van der Waals surface area (Å²) in [6.07, 6.45) is 0. The van der Waals surface area contributed by atoms with E-state index in [0.717, 1.165) is 19.7 Å². The molecule has 3 heteroatoms. The molecule has 0 radical (unpaired) electrons. The van der Waals surface area contributed by atoms with Gasteiger partial charge in [-0.15, -0.1) is 0 Å². The van der Waals surface area contributed by atoms with Crippen LogP contribution in [0.25, 0.3) is 0 Å². The quantitative estimate of drug-likeness (QED) is 0.781. The van der Waals surface area contributed by atoms with E-state index in [-0.39, 0.29) is 0 Å². The van der Waals surface area contributed by atoms with Crippen LogP contribution < -0.4 is 5.32 Å². The van der Waals surface area contributed by atoms with Gasteiger partial charge >= 0.3 is 0 Å². The second-order valence-electron chi connectivity index (χ2n) is 5.69. The fourth-order valence-corrected chi connectivity index (χ4v) is 2.13. The molecule has 0 aromatic heterocycles. The zero-order valence-corrected chi connectivity index (χ0v) is 12.9. The SMILES string of the molecule is COCC(NCc1ccccc1CN(C)C)C(C)C. The molecule has 0 spiro atoms. The van der Waals surface area contributed by atoms with Crippen LogP contribution in [0, 0.1) is 5.92 Å². The molecule has 1 aromatic carbocycles. The summed E-state index contributed by atoms with van der Waals surface area (Å²) in [4.78, 5) is 2.20. The third kappa shape index (κ3) is 5.72. The zero-order chi connectivity index (χ0) is 14.3. The van der Waals surface area contributed by atoms with Crippen molar-refractivity contribution in [2.24, 2.45) is 5.92 Å². The summed E-state index contributed by atoms with van der Waals surface area (Å²) >= 11 is 0. The summed E-state index contributed by atoms with van der Waals surface area (Å²) in [5.74, 6) is 0.570. The van der Waals surface area contributed by atoms with E-state index >= 15 is 0 Å². The van der Waals surface area contributed by atoms with Crippen LogP contribution in [0.5, 0.6) is 0 Å². The van der Waals surface area contributed by atoms with Crippen molar-refractivity contribution in [2.45, 2.75) is 33.0 Å². The molecule has 0 aliphatic carbocycles. The molecule has 0 aliphatic rings. The van der Waals surface area contributed by atoms with E-state index < -0.39 is 0 Å². The van der Waals surface area contributed by atoms with Gasteiger partial charge in [0.1, 0.15) is 0 Å². The molecule has 1 aromatic rings. The van der Waals surface area contributed by atoms with Gasteiger partial charge < -0.3 is 15.0 Å². The van der Waals surface area contributed by atoms with Crippen molar-refractivity contribution < 1.29 is 4.74 Å². The van der Waals surface area contributed by atoms with E-state index in [1.54, 1.807) is 7.11 Å². The number of ether oxygens (including phenoxy) is 1. The molecule has 0 bridgehead atoms.